The van der Waals surface area contributed by atoms with E-state index >= 15 is 0 Å². The second kappa shape index (κ2) is 9.93. The van der Waals surface area contributed by atoms with Gasteiger partial charge in [-0.1, -0.05) is 76.1 Å². The molecule has 0 saturated carbocycles. The number of carbonyl (C=O) groups is 2. The molecule has 0 aliphatic carbocycles. The fourth-order valence-corrected chi connectivity index (χ4v) is 7.87. The van der Waals surface area contributed by atoms with Gasteiger partial charge in [0.2, 0.25) is 11.8 Å². The molecule has 2 amide bonds. The lowest BCUT2D eigenvalue weighted by Crippen LogP contribution is -2.32. The van der Waals surface area contributed by atoms with Crippen molar-refractivity contribution in [3.63, 3.8) is 0 Å². The number of ether oxygens (including phenoxy) is 1. The molecule has 3 aromatic carbocycles. The maximum atomic E-state index is 14.0. The van der Waals surface area contributed by atoms with Crippen molar-refractivity contribution in [3.05, 3.63) is 108 Å². The molecular formula is C28H20Cl2N2O4S2. The Kier molecular flexibility index (Phi) is 6.60. The smallest absolute Gasteiger partial charge is 0.305 e. The Morgan fingerprint density at radius 1 is 0.947 bits per heavy atom. The number of aromatic nitrogens is 1. The Morgan fingerprint density at radius 2 is 1.71 bits per heavy atom. The second-order valence-corrected chi connectivity index (χ2v) is 12.2. The number of thiazole rings is 1. The Balaban J connectivity index is 1.45. The summed E-state index contributed by atoms with van der Waals surface area (Å²) in [7, 11) is 0. The number of fused-ring (bicyclic) bond motifs is 2. The average molecular weight is 584 g/mol. The van der Waals surface area contributed by atoms with E-state index in [9.17, 15) is 14.4 Å². The predicted octanol–water partition coefficient (Wildman–Crippen LogP) is 6.43. The number of nitrogens with one attached hydrogen (secondary N) is 1. The summed E-state index contributed by atoms with van der Waals surface area (Å²) >= 11 is 14.8. The van der Waals surface area contributed by atoms with Crippen molar-refractivity contribution >= 4 is 63.8 Å². The van der Waals surface area contributed by atoms with Crippen LogP contribution in [0.4, 0.5) is 5.69 Å². The van der Waals surface area contributed by atoms with Crippen LogP contribution in [-0.4, -0.2) is 22.0 Å². The van der Waals surface area contributed by atoms with Gasteiger partial charge in [0.25, 0.3) is 0 Å². The first-order valence-electron chi connectivity index (χ1n) is 11.8. The molecule has 4 aromatic rings. The summed E-state index contributed by atoms with van der Waals surface area (Å²) in [4.78, 5) is 44.5. The van der Waals surface area contributed by atoms with Gasteiger partial charge in [0.05, 0.1) is 16.6 Å². The Bertz CT molecular complexity index is 1630. The number of rotatable bonds is 5. The minimum atomic E-state index is -0.748. The quantitative estimate of drug-likeness (QED) is 0.274. The van der Waals surface area contributed by atoms with Gasteiger partial charge in [0, 0.05) is 26.4 Å². The molecule has 1 N–H and O–H groups in total. The van der Waals surface area contributed by atoms with Crippen molar-refractivity contribution in [1.82, 2.24) is 4.98 Å². The van der Waals surface area contributed by atoms with Crippen molar-refractivity contribution in [2.24, 2.45) is 5.92 Å². The van der Waals surface area contributed by atoms with Gasteiger partial charge in [-0.15, -0.1) is 0 Å². The number of benzene rings is 3. The summed E-state index contributed by atoms with van der Waals surface area (Å²) in [6.45, 7) is 2.33. The number of thioether (sulfide) groups is 1. The first kappa shape index (κ1) is 25.2. The highest BCUT2D eigenvalue weighted by Gasteiger charge is 2.56. The number of nitrogens with zero attached hydrogens (tertiary/aromatic N) is 1. The van der Waals surface area contributed by atoms with E-state index in [4.69, 9.17) is 27.9 Å². The van der Waals surface area contributed by atoms with E-state index in [0.717, 1.165) is 22.5 Å². The van der Waals surface area contributed by atoms with E-state index in [-0.39, 0.29) is 16.7 Å². The van der Waals surface area contributed by atoms with E-state index < -0.39 is 17.1 Å². The minimum Gasteiger partial charge on any atom is -0.489 e. The zero-order valence-electron chi connectivity index (χ0n) is 19.9. The summed E-state index contributed by atoms with van der Waals surface area (Å²) < 4.78 is 6.27. The van der Waals surface area contributed by atoms with Crippen LogP contribution in [0.25, 0.3) is 0 Å². The van der Waals surface area contributed by atoms with Gasteiger partial charge in [-0.25, -0.2) is 4.90 Å². The maximum absolute atomic E-state index is 14.0. The van der Waals surface area contributed by atoms with Gasteiger partial charge >= 0.3 is 4.87 Å². The topological polar surface area (TPSA) is 79.5 Å². The molecule has 6 nitrogen and oxygen atoms in total. The molecule has 1 fully saturated rings. The van der Waals surface area contributed by atoms with Crippen molar-refractivity contribution < 1.29 is 14.3 Å². The zero-order chi connectivity index (χ0) is 26.6. The van der Waals surface area contributed by atoms with Crippen LogP contribution < -0.4 is 14.5 Å². The number of hydrogen-bond donors (Lipinski definition) is 1. The summed E-state index contributed by atoms with van der Waals surface area (Å²) in [5.74, 6) is -1.47. The van der Waals surface area contributed by atoms with Crippen molar-refractivity contribution in [1.29, 1.82) is 0 Å². The molecule has 3 atom stereocenters. The van der Waals surface area contributed by atoms with Crippen molar-refractivity contribution in [3.8, 4) is 5.75 Å². The molecule has 0 spiro atoms. The molecule has 1 saturated heterocycles. The van der Waals surface area contributed by atoms with Crippen molar-refractivity contribution in [2.45, 2.75) is 29.7 Å². The second-order valence-electron chi connectivity index (χ2n) is 9.20. The van der Waals surface area contributed by atoms with Crippen LogP contribution in [0.5, 0.6) is 5.75 Å². The van der Waals surface area contributed by atoms with Gasteiger partial charge in [0.15, 0.2) is 0 Å². The van der Waals surface area contributed by atoms with E-state index in [1.54, 1.807) is 42.5 Å². The lowest BCUT2D eigenvalue weighted by atomic mass is 9.82. The third kappa shape index (κ3) is 4.45. The molecule has 6 rings (SSSR count). The fraction of sp³-hybridized carbons (Fsp3) is 0.179. The van der Waals surface area contributed by atoms with Gasteiger partial charge in [-0.05, 0) is 55.0 Å². The number of imide groups is 1. The fourth-order valence-electron chi connectivity index (χ4n) is 5.05. The van der Waals surface area contributed by atoms with Crippen LogP contribution in [0, 0.1) is 12.8 Å². The van der Waals surface area contributed by atoms with Crippen LogP contribution in [0.15, 0.2) is 76.6 Å². The highest BCUT2D eigenvalue weighted by molar-refractivity contribution is 8.00. The Labute approximate surface area is 236 Å². The molecule has 2 aliphatic rings. The van der Waals surface area contributed by atoms with Crippen LogP contribution >= 0.6 is 46.3 Å². The van der Waals surface area contributed by atoms with E-state index in [1.165, 1.54) is 16.7 Å². The molecule has 0 bridgehead atoms. The summed E-state index contributed by atoms with van der Waals surface area (Å²) in [5, 5.41) is 0.847. The maximum Gasteiger partial charge on any atom is 0.305 e. The molecule has 2 aliphatic heterocycles. The monoisotopic (exact) mass is 582 g/mol. The van der Waals surface area contributed by atoms with Gasteiger partial charge in [-0.2, -0.15) is 0 Å². The van der Waals surface area contributed by atoms with E-state index in [0.29, 0.717) is 43.6 Å². The Morgan fingerprint density at radius 3 is 2.47 bits per heavy atom. The lowest BCUT2D eigenvalue weighted by Gasteiger charge is -2.31. The van der Waals surface area contributed by atoms with Crippen LogP contribution in [0.3, 0.4) is 0 Å². The summed E-state index contributed by atoms with van der Waals surface area (Å²) in [6, 6.07) is 19.9. The third-order valence-corrected chi connectivity index (χ3v) is 9.58. The Hall–Kier alpha value is -3.04. The highest BCUT2D eigenvalue weighted by Crippen LogP contribution is 2.54. The van der Waals surface area contributed by atoms with Gasteiger partial charge in [-0.3, -0.25) is 14.4 Å². The standard InChI is InChI=1S/C28H20Cl2N2O4S2/c1-14-3-2-4-15(11-14)13-36-20-10-7-17(30)12-19(20)21-22-24(37-25-23(21)38-28(35)31-25)27(34)32(26(22)33)18-8-5-16(29)6-9-18/h2-12,21-22,24H,13H2,1H3,(H,31,35)/t21-,22-,24+/m0/s1. The van der Waals surface area contributed by atoms with Gasteiger partial charge in [0.1, 0.15) is 17.6 Å². The number of hydrogen-bond acceptors (Lipinski definition) is 6. The van der Waals surface area contributed by atoms with E-state index in [2.05, 4.69) is 4.98 Å². The molecular weight excluding hydrogens is 563 g/mol. The predicted molar refractivity (Wildman–Crippen MR) is 151 cm³/mol. The first-order valence-corrected chi connectivity index (χ1v) is 14.3. The molecule has 192 valence electrons. The SMILES string of the molecule is Cc1cccc(COc2ccc(Cl)cc2[C@@H]2c3sc(=O)[nH]c3S[C@H]3C(=O)N(c4ccc(Cl)cc4)C(=O)[C@@H]23)c1. The number of aryl methyl sites for hydroxylation is 1. The number of aromatic amines is 1. The molecule has 10 heteroatoms. The molecule has 3 heterocycles. The number of amides is 2. The summed E-state index contributed by atoms with van der Waals surface area (Å²) in [5.41, 5.74) is 3.23. The highest BCUT2D eigenvalue weighted by atomic mass is 35.5. The van der Waals surface area contributed by atoms with Crippen LogP contribution in [-0.2, 0) is 16.2 Å². The normalized spacial score (nSPS) is 20.4. The summed E-state index contributed by atoms with van der Waals surface area (Å²) in [6.07, 6.45) is 0. The van der Waals surface area contributed by atoms with Crippen LogP contribution in [0.1, 0.15) is 27.5 Å². The lowest BCUT2D eigenvalue weighted by molar-refractivity contribution is -0.122. The van der Waals surface area contributed by atoms with Crippen LogP contribution in [0.2, 0.25) is 10.0 Å². The molecule has 38 heavy (non-hydrogen) atoms. The molecule has 0 unspecified atom stereocenters. The third-order valence-electron chi connectivity index (χ3n) is 6.69. The minimum absolute atomic E-state index is 0.244. The number of H-pyrrole nitrogens is 1. The van der Waals surface area contributed by atoms with Crippen molar-refractivity contribution in [2.75, 3.05) is 4.90 Å². The molecule has 1 aromatic heterocycles. The molecule has 0 radical (unpaired) electrons. The number of anilines is 1. The number of carbonyl (C=O) groups excluding carboxylic acids is 2. The average Bonchev–Trinajstić information content (AvgIpc) is 3.38. The zero-order valence-corrected chi connectivity index (χ0v) is 23.1. The largest absolute Gasteiger partial charge is 0.489 e. The van der Waals surface area contributed by atoms with Gasteiger partial charge < -0.3 is 9.72 Å². The van der Waals surface area contributed by atoms with E-state index in [1.807, 2.05) is 31.2 Å². The number of halogens is 2. The first-order chi connectivity index (χ1) is 18.3.